The standard InChI is InChI=1S/C15H17NO2/c1-11-7-12(2)16(15(11)10-17)9-13-5-4-6-14(8-13)18-3/h4-8,10H,9H2,1-3H3. The van der Waals surface area contributed by atoms with Gasteiger partial charge < -0.3 is 9.30 Å². The van der Waals surface area contributed by atoms with E-state index in [0.717, 1.165) is 34.6 Å². The van der Waals surface area contributed by atoms with Gasteiger partial charge in [-0.25, -0.2) is 0 Å². The average molecular weight is 243 g/mol. The summed E-state index contributed by atoms with van der Waals surface area (Å²) in [4.78, 5) is 11.1. The number of hydrogen-bond donors (Lipinski definition) is 0. The molecule has 0 aliphatic rings. The maximum absolute atomic E-state index is 11.1. The Bertz CT molecular complexity index is 570. The van der Waals surface area contributed by atoms with E-state index in [-0.39, 0.29) is 0 Å². The lowest BCUT2D eigenvalue weighted by atomic mass is 10.2. The van der Waals surface area contributed by atoms with Crippen molar-refractivity contribution in [2.75, 3.05) is 7.11 Å². The third-order valence-corrected chi connectivity index (χ3v) is 3.13. The van der Waals surface area contributed by atoms with Crippen LogP contribution in [0.5, 0.6) is 5.75 Å². The molecule has 0 saturated heterocycles. The summed E-state index contributed by atoms with van der Waals surface area (Å²) in [5.74, 6) is 0.835. The van der Waals surface area contributed by atoms with Gasteiger partial charge in [-0.15, -0.1) is 0 Å². The molecule has 0 N–H and O–H groups in total. The molecule has 1 aromatic carbocycles. The van der Waals surface area contributed by atoms with Gasteiger partial charge in [-0.1, -0.05) is 12.1 Å². The zero-order chi connectivity index (χ0) is 13.1. The zero-order valence-corrected chi connectivity index (χ0v) is 10.9. The Labute approximate surface area is 107 Å². The Balaban J connectivity index is 2.36. The Kier molecular flexibility index (Phi) is 3.51. The SMILES string of the molecule is COc1cccc(Cn2c(C)cc(C)c2C=O)c1. The smallest absolute Gasteiger partial charge is 0.166 e. The number of rotatable bonds is 4. The lowest BCUT2D eigenvalue weighted by Gasteiger charge is -2.10. The highest BCUT2D eigenvalue weighted by Crippen LogP contribution is 2.18. The van der Waals surface area contributed by atoms with E-state index in [9.17, 15) is 4.79 Å². The molecule has 0 fully saturated rings. The molecular weight excluding hydrogens is 226 g/mol. The number of carbonyl (C=O) groups excluding carboxylic acids is 1. The Morgan fingerprint density at radius 1 is 1.28 bits per heavy atom. The van der Waals surface area contributed by atoms with Crippen LogP contribution in [-0.2, 0) is 6.54 Å². The van der Waals surface area contributed by atoms with Crippen LogP contribution in [-0.4, -0.2) is 18.0 Å². The Morgan fingerprint density at radius 3 is 2.72 bits per heavy atom. The molecular formula is C15H17NO2. The molecule has 0 atom stereocenters. The van der Waals surface area contributed by atoms with Gasteiger partial charge in [0.05, 0.1) is 12.8 Å². The van der Waals surface area contributed by atoms with Crippen LogP contribution < -0.4 is 4.74 Å². The molecule has 2 rings (SSSR count). The molecule has 1 aromatic heterocycles. The van der Waals surface area contributed by atoms with E-state index in [1.807, 2.05) is 48.7 Å². The number of nitrogens with zero attached hydrogens (tertiary/aromatic N) is 1. The van der Waals surface area contributed by atoms with Crippen molar-refractivity contribution in [3.8, 4) is 5.75 Å². The minimum Gasteiger partial charge on any atom is -0.497 e. The quantitative estimate of drug-likeness (QED) is 0.773. The number of aromatic nitrogens is 1. The van der Waals surface area contributed by atoms with Crippen LogP contribution >= 0.6 is 0 Å². The van der Waals surface area contributed by atoms with Crippen molar-refractivity contribution in [3.05, 3.63) is 52.8 Å². The van der Waals surface area contributed by atoms with Crippen molar-refractivity contribution >= 4 is 6.29 Å². The molecule has 0 bridgehead atoms. The highest BCUT2D eigenvalue weighted by atomic mass is 16.5. The number of carbonyl (C=O) groups is 1. The zero-order valence-electron chi connectivity index (χ0n) is 10.9. The molecule has 3 heteroatoms. The highest BCUT2D eigenvalue weighted by Gasteiger charge is 2.09. The van der Waals surface area contributed by atoms with Crippen LogP contribution in [0.15, 0.2) is 30.3 Å². The van der Waals surface area contributed by atoms with E-state index in [2.05, 4.69) is 0 Å². The van der Waals surface area contributed by atoms with Crippen molar-refractivity contribution in [3.63, 3.8) is 0 Å². The minimum absolute atomic E-state index is 0.685. The van der Waals surface area contributed by atoms with Gasteiger partial charge in [0.2, 0.25) is 0 Å². The fourth-order valence-corrected chi connectivity index (χ4v) is 2.19. The van der Waals surface area contributed by atoms with Gasteiger partial charge in [-0.05, 0) is 43.2 Å². The summed E-state index contributed by atoms with van der Waals surface area (Å²) in [6.07, 6.45) is 0.919. The third-order valence-electron chi connectivity index (χ3n) is 3.13. The van der Waals surface area contributed by atoms with E-state index in [1.54, 1.807) is 7.11 Å². The molecule has 18 heavy (non-hydrogen) atoms. The minimum atomic E-state index is 0.685. The van der Waals surface area contributed by atoms with Crippen LogP contribution in [0.1, 0.15) is 27.3 Å². The fraction of sp³-hybridized carbons (Fsp3) is 0.267. The highest BCUT2D eigenvalue weighted by molar-refractivity contribution is 5.75. The normalized spacial score (nSPS) is 10.4. The van der Waals surface area contributed by atoms with Crippen molar-refractivity contribution in [1.82, 2.24) is 4.57 Å². The van der Waals surface area contributed by atoms with Gasteiger partial charge >= 0.3 is 0 Å². The first-order valence-corrected chi connectivity index (χ1v) is 5.90. The van der Waals surface area contributed by atoms with Gasteiger partial charge in [0.15, 0.2) is 6.29 Å². The van der Waals surface area contributed by atoms with Crippen LogP contribution in [0.2, 0.25) is 0 Å². The van der Waals surface area contributed by atoms with Gasteiger partial charge in [0.1, 0.15) is 5.75 Å². The summed E-state index contributed by atoms with van der Waals surface area (Å²) in [7, 11) is 1.65. The molecule has 0 unspecified atom stereocenters. The lowest BCUT2D eigenvalue weighted by Crippen LogP contribution is -2.06. The second-order valence-electron chi connectivity index (χ2n) is 4.41. The molecule has 0 spiro atoms. The predicted molar refractivity (Wildman–Crippen MR) is 71.4 cm³/mol. The summed E-state index contributed by atoms with van der Waals surface area (Å²) >= 11 is 0. The molecule has 0 radical (unpaired) electrons. The summed E-state index contributed by atoms with van der Waals surface area (Å²) in [5, 5.41) is 0. The van der Waals surface area contributed by atoms with Gasteiger partial charge in [0, 0.05) is 12.2 Å². The summed E-state index contributed by atoms with van der Waals surface area (Å²) in [6.45, 7) is 4.66. The lowest BCUT2D eigenvalue weighted by molar-refractivity contribution is 0.111. The Morgan fingerprint density at radius 2 is 2.06 bits per heavy atom. The summed E-state index contributed by atoms with van der Waals surface area (Å²) < 4.78 is 7.23. The largest absolute Gasteiger partial charge is 0.497 e. The van der Waals surface area contributed by atoms with E-state index < -0.39 is 0 Å². The van der Waals surface area contributed by atoms with Crippen LogP contribution in [0, 0.1) is 13.8 Å². The Hall–Kier alpha value is -2.03. The molecule has 1 heterocycles. The van der Waals surface area contributed by atoms with Crippen LogP contribution in [0.4, 0.5) is 0 Å². The van der Waals surface area contributed by atoms with Crippen molar-refractivity contribution < 1.29 is 9.53 Å². The van der Waals surface area contributed by atoms with Crippen LogP contribution in [0.25, 0.3) is 0 Å². The monoisotopic (exact) mass is 243 g/mol. The molecule has 2 aromatic rings. The molecule has 0 saturated carbocycles. The molecule has 0 aliphatic carbocycles. The van der Waals surface area contributed by atoms with Gasteiger partial charge in [0.25, 0.3) is 0 Å². The first-order chi connectivity index (χ1) is 8.65. The first kappa shape index (κ1) is 12.4. The number of aldehydes is 1. The topological polar surface area (TPSA) is 31.2 Å². The molecule has 0 amide bonds. The molecule has 0 aliphatic heterocycles. The average Bonchev–Trinajstić information content (AvgIpc) is 2.64. The first-order valence-electron chi connectivity index (χ1n) is 5.90. The number of ether oxygens (including phenoxy) is 1. The number of hydrogen-bond acceptors (Lipinski definition) is 2. The van der Waals surface area contributed by atoms with E-state index >= 15 is 0 Å². The van der Waals surface area contributed by atoms with Gasteiger partial charge in [-0.2, -0.15) is 0 Å². The van der Waals surface area contributed by atoms with E-state index in [4.69, 9.17) is 4.74 Å². The summed E-state index contributed by atoms with van der Waals surface area (Å²) in [5.41, 5.74) is 3.98. The second kappa shape index (κ2) is 5.08. The third kappa shape index (κ3) is 2.30. The van der Waals surface area contributed by atoms with Crippen molar-refractivity contribution in [2.24, 2.45) is 0 Å². The number of aryl methyl sites for hydroxylation is 2. The second-order valence-corrected chi connectivity index (χ2v) is 4.41. The van der Waals surface area contributed by atoms with E-state index in [0.29, 0.717) is 6.54 Å². The van der Waals surface area contributed by atoms with Crippen molar-refractivity contribution in [1.29, 1.82) is 0 Å². The van der Waals surface area contributed by atoms with Crippen molar-refractivity contribution in [2.45, 2.75) is 20.4 Å². The van der Waals surface area contributed by atoms with Gasteiger partial charge in [-0.3, -0.25) is 4.79 Å². The number of benzene rings is 1. The number of methoxy groups -OCH3 is 1. The molecule has 3 nitrogen and oxygen atoms in total. The maximum atomic E-state index is 11.1. The predicted octanol–water partition coefficient (Wildman–Crippen LogP) is 2.97. The molecule has 94 valence electrons. The van der Waals surface area contributed by atoms with Crippen LogP contribution in [0.3, 0.4) is 0 Å². The maximum Gasteiger partial charge on any atom is 0.166 e. The fourth-order valence-electron chi connectivity index (χ4n) is 2.19. The summed E-state index contributed by atoms with van der Waals surface area (Å²) in [6, 6.07) is 9.93. The van der Waals surface area contributed by atoms with E-state index in [1.165, 1.54) is 0 Å².